The number of benzene rings is 10. The highest BCUT2D eigenvalue weighted by Crippen LogP contribution is 2.56. The molecule has 0 fully saturated rings. The fourth-order valence-electron chi connectivity index (χ4n) is 10.5. The molecule has 0 radical (unpaired) electrons. The monoisotopic (exact) mass is 854 g/mol. The highest BCUT2D eigenvalue weighted by atomic mass is 15.0. The van der Waals surface area contributed by atoms with Crippen LogP contribution >= 0.6 is 0 Å². The van der Waals surface area contributed by atoms with E-state index in [9.17, 15) is 0 Å². The Morgan fingerprint density at radius 2 is 0.985 bits per heavy atom. The van der Waals surface area contributed by atoms with Gasteiger partial charge in [-0.1, -0.05) is 212 Å². The average Bonchev–Trinajstić information content (AvgIpc) is 3.89. The lowest BCUT2D eigenvalue weighted by Gasteiger charge is -2.33. The number of hydrogen-bond donors (Lipinski definition) is 1. The Labute approximate surface area is 391 Å². The molecule has 11 aromatic rings. The quantitative estimate of drug-likeness (QED) is 0.136. The fraction of sp³-hybridized carbons (Fsp3) is 0.0154. The van der Waals surface area contributed by atoms with E-state index in [1.165, 1.54) is 93.8 Å². The smallest absolute Gasteiger partial charge is 0.0713 e. The Morgan fingerprint density at radius 1 is 0.373 bits per heavy atom. The molecule has 0 spiro atoms. The molecule has 1 aliphatic rings. The van der Waals surface area contributed by atoms with Gasteiger partial charge in [0, 0.05) is 28.3 Å². The summed E-state index contributed by atoms with van der Waals surface area (Å²) in [5, 5.41) is 8.41. The van der Waals surface area contributed by atoms with Crippen LogP contribution in [-0.2, 0) is 5.41 Å². The molecule has 316 valence electrons. The number of rotatable bonds is 10. The zero-order valence-electron chi connectivity index (χ0n) is 36.9. The van der Waals surface area contributed by atoms with Gasteiger partial charge in [-0.25, -0.2) is 0 Å². The van der Waals surface area contributed by atoms with Crippen LogP contribution in [0.3, 0.4) is 0 Å². The molecule has 1 aromatic heterocycles. The van der Waals surface area contributed by atoms with Crippen LogP contribution in [0.2, 0.25) is 0 Å². The van der Waals surface area contributed by atoms with E-state index < -0.39 is 5.41 Å². The van der Waals surface area contributed by atoms with Crippen molar-refractivity contribution in [1.82, 2.24) is 4.57 Å². The fourth-order valence-corrected chi connectivity index (χ4v) is 10.5. The molecule has 0 amide bonds. The summed E-state index contributed by atoms with van der Waals surface area (Å²) >= 11 is 0. The van der Waals surface area contributed by atoms with Gasteiger partial charge >= 0.3 is 0 Å². The molecule has 1 heterocycles. The molecule has 0 saturated carbocycles. The average molecular weight is 855 g/mol. The molecule has 0 atom stereocenters. The van der Waals surface area contributed by atoms with Gasteiger partial charge in [-0.3, -0.25) is 0 Å². The molecule has 0 aliphatic heterocycles. The third-order valence-corrected chi connectivity index (χ3v) is 13.6. The number of para-hydroxylation sites is 1. The van der Waals surface area contributed by atoms with Gasteiger partial charge in [0.2, 0.25) is 0 Å². The van der Waals surface area contributed by atoms with Crippen molar-refractivity contribution in [3.63, 3.8) is 0 Å². The Morgan fingerprint density at radius 3 is 1.81 bits per heavy atom. The summed E-state index contributed by atoms with van der Waals surface area (Å²) in [4.78, 5) is 0. The predicted octanol–water partition coefficient (Wildman–Crippen LogP) is 16.8. The first-order valence-corrected chi connectivity index (χ1v) is 23.1. The van der Waals surface area contributed by atoms with Crippen molar-refractivity contribution in [2.45, 2.75) is 5.41 Å². The van der Waals surface area contributed by atoms with Crippen molar-refractivity contribution in [3.8, 4) is 39.1 Å². The summed E-state index contributed by atoms with van der Waals surface area (Å²) in [7, 11) is 0. The van der Waals surface area contributed by atoms with Crippen molar-refractivity contribution in [3.05, 3.63) is 295 Å². The van der Waals surface area contributed by atoms with Crippen LogP contribution in [0.25, 0.3) is 77.7 Å². The molecule has 1 aliphatic carbocycles. The molecule has 1 N–H and O–H groups in total. The van der Waals surface area contributed by atoms with Gasteiger partial charge in [-0.2, -0.15) is 0 Å². The predicted molar refractivity (Wildman–Crippen MR) is 284 cm³/mol. The lowest BCUT2D eigenvalue weighted by atomic mass is 9.68. The van der Waals surface area contributed by atoms with Crippen LogP contribution in [0.4, 0.5) is 5.69 Å². The van der Waals surface area contributed by atoms with Gasteiger partial charge in [0.25, 0.3) is 0 Å². The number of hydrogen-bond acceptors (Lipinski definition) is 1. The first-order valence-electron chi connectivity index (χ1n) is 23.1. The summed E-state index contributed by atoms with van der Waals surface area (Å²) in [5.41, 5.74) is 17.8. The standard InChI is InChI=1S/C65H46N2/c1(5-19-47-21-17-22-48-20-10-11-29-56(47)48)2-16-42-66-54-37-34-46(35-38-54)49-23-18-24-50(43-49)51-36-41-64-60(44-51)58-31-13-15-33-63(58)67(64)55-39-40-62-59(45-55)57-30-12-14-32-61(57)65(62,52-25-6-3-7-26-52)53-27-8-4-9-28-53/h1-45,66H/b2-1-,19-5-,42-16+. The Hall–Kier alpha value is -8.72. The summed E-state index contributed by atoms with van der Waals surface area (Å²) < 4.78 is 2.45. The Balaban J connectivity index is 0.829. The maximum Gasteiger partial charge on any atom is 0.0713 e. The van der Waals surface area contributed by atoms with Crippen LogP contribution < -0.4 is 5.32 Å². The maximum atomic E-state index is 3.41. The molecule has 67 heavy (non-hydrogen) atoms. The van der Waals surface area contributed by atoms with E-state index in [-0.39, 0.29) is 0 Å². The zero-order chi connectivity index (χ0) is 44.6. The molecular formula is C65H46N2. The van der Waals surface area contributed by atoms with E-state index in [1.54, 1.807) is 0 Å². The van der Waals surface area contributed by atoms with Crippen molar-refractivity contribution in [2.75, 3.05) is 5.32 Å². The van der Waals surface area contributed by atoms with Gasteiger partial charge in [0.1, 0.15) is 0 Å². The number of anilines is 1. The van der Waals surface area contributed by atoms with Crippen molar-refractivity contribution in [2.24, 2.45) is 0 Å². The second-order valence-corrected chi connectivity index (χ2v) is 17.3. The molecule has 12 rings (SSSR count). The van der Waals surface area contributed by atoms with Crippen molar-refractivity contribution >= 4 is 44.3 Å². The van der Waals surface area contributed by atoms with E-state index in [0.717, 1.165) is 11.4 Å². The normalized spacial score (nSPS) is 13.0. The van der Waals surface area contributed by atoms with Crippen LogP contribution in [-0.4, -0.2) is 4.57 Å². The maximum absolute atomic E-state index is 3.41. The highest BCUT2D eigenvalue weighted by molar-refractivity contribution is 6.10. The summed E-state index contributed by atoms with van der Waals surface area (Å²) in [6.45, 7) is 0. The minimum absolute atomic E-state index is 0.427. The first-order chi connectivity index (χ1) is 33.2. The zero-order valence-corrected chi connectivity index (χ0v) is 36.9. The molecule has 2 nitrogen and oxygen atoms in total. The number of nitrogens with zero attached hydrogens (tertiary/aromatic N) is 1. The van der Waals surface area contributed by atoms with E-state index in [1.807, 2.05) is 18.4 Å². The first kappa shape index (κ1) is 39.8. The molecule has 2 heteroatoms. The summed E-state index contributed by atoms with van der Waals surface area (Å²) in [5.74, 6) is 0. The van der Waals surface area contributed by atoms with Crippen LogP contribution in [0.5, 0.6) is 0 Å². The molecular weight excluding hydrogens is 809 g/mol. The molecule has 10 aromatic carbocycles. The van der Waals surface area contributed by atoms with Crippen LogP contribution in [0.1, 0.15) is 27.8 Å². The molecule has 0 bridgehead atoms. The van der Waals surface area contributed by atoms with E-state index in [4.69, 9.17) is 0 Å². The van der Waals surface area contributed by atoms with Crippen molar-refractivity contribution in [1.29, 1.82) is 0 Å². The Kier molecular flexibility index (Phi) is 10.1. The van der Waals surface area contributed by atoms with E-state index in [0.29, 0.717) is 0 Å². The van der Waals surface area contributed by atoms with Gasteiger partial charge in [-0.15, -0.1) is 0 Å². The third-order valence-electron chi connectivity index (χ3n) is 13.6. The molecule has 0 unspecified atom stereocenters. The lowest BCUT2D eigenvalue weighted by molar-refractivity contribution is 0.768. The highest BCUT2D eigenvalue weighted by Gasteiger charge is 2.46. The number of nitrogens with one attached hydrogen (secondary N) is 1. The van der Waals surface area contributed by atoms with Gasteiger partial charge in [0.15, 0.2) is 0 Å². The second kappa shape index (κ2) is 17.0. The topological polar surface area (TPSA) is 17.0 Å². The number of allylic oxidation sites excluding steroid dienone is 4. The Bertz CT molecular complexity index is 3660. The second-order valence-electron chi connectivity index (χ2n) is 17.3. The summed E-state index contributed by atoms with van der Waals surface area (Å²) in [6.07, 6.45) is 12.3. The van der Waals surface area contributed by atoms with E-state index >= 15 is 0 Å². The SMILES string of the molecule is C(/C=C\c1cccc2ccccc12)=C/C=C/Nc1ccc(-c2cccc(-c3ccc4c(c3)c3ccccc3n4-c3ccc4c(c3)-c3ccccc3C4(c3ccccc3)c3ccccc3)c2)cc1. The number of aromatic nitrogens is 1. The minimum Gasteiger partial charge on any atom is -0.362 e. The summed E-state index contributed by atoms with van der Waals surface area (Å²) in [6, 6.07) is 86.4. The van der Waals surface area contributed by atoms with Gasteiger partial charge < -0.3 is 9.88 Å². The largest absolute Gasteiger partial charge is 0.362 e. The third kappa shape index (κ3) is 6.99. The molecule has 0 saturated heterocycles. The number of fused-ring (bicyclic) bond motifs is 7. The van der Waals surface area contributed by atoms with Crippen molar-refractivity contribution < 1.29 is 0 Å². The van der Waals surface area contributed by atoms with Gasteiger partial charge in [-0.05, 0) is 127 Å². The minimum atomic E-state index is -0.427. The van der Waals surface area contributed by atoms with Crippen LogP contribution in [0, 0.1) is 0 Å². The van der Waals surface area contributed by atoms with Crippen LogP contribution in [0.15, 0.2) is 267 Å². The van der Waals surface area contributed by atoms with Gasteiger partial charge in [0.05, 0.1) is 16.4 Å². The lowest BCUT2D eigenvalue weighted by Crippen LogP contribution is -2.28. The van der Waals surface area contributed by atoms with E-state index in [2.05, 4.69) is 265 Å².